The maximum absolute atomic E-state index is 12.6. The molecule has 4 rings (SSSR count). The maximum Gasteiger partial charge on any atom is 0.275 e. The van der Waals surface area contributed by atoms with Gasteiger partial charge in [-0.3, -0.25) is 14.4 Å². The Labute approximate surface area is 161 Å². The van der Waals surface area contributed by atoms with Crippen LogP contribution in [0.4, 0.5) is 5.69 Å². The number of nitrogens with zero attached hydrogens (tertiary/aromatic N) is 3. The number of nitrogens with one attached hydrogen (secondary N) is 1. The van der Waals surface area contributed by atoms with Gasteiger partial charge in [0.25, 0.3) is 5.56 Å². The lowest BCUT2D eigenvalue weighted by Gasteiger charge is -2.17. The minimum atomic E-state index is -0.336. The van der Waals surface area contributed by atoms with Crippen molar-refractivity contribution in [2.75, 3.05) is 11.4 Å². The molecule has 3 aromatic rings. The van der Waals surface area contributed by atoms with Crippen molar-refractivity contribution in [2.24, 2.45) is 0 Å². The first-order valence-electron chi connectivity index (χ1n) is 9.14. The van der Waals surface area contributed by atoms with E-state index in [4.69, 9.17) is 0 Å². The lowest BCUT2D eigenvalue weighted by atomic mass is 10.1. The van der Waals surface area contributed by atoms with Crippen molar-refractivity contribution in [3.8, 4) is 0 Å². The van der Waals surface area contributed by atoms with E-state index in [-0.39, 0.29) is 36.4 Å². The van der Waals surface area contributed by atoms with E-state index in [2.05, 4.69) is 10.4 Å². The number of benzene rings is 2. The van der Waals surface area contributed by atoms with E-state index in [9.17, 15) is 14.4 Å². The number of aromatic nitrogens is 2. The molecule has 28 heavy (non-hydrogen) atoms. The smallest absolute Gasteiger partial charge is 0.275 e. The molecular formula is C21H20N4O3. The number of hydrogen-bond donors (Lipinski definition) is 1. The van der Waals surface area contributed by atoms with Crippen LogP contribution in [-0.4, -0.2) is 34.2 Å². The van der Waals surface area contributed by atoms with Crippen molar-refractivity contribution in [2.45, 2.75) is 25.9 Å². The third-order valence-corrected chi connectivity index (χ3v) is 4.90. The first-order chi connectivity index (χ1) is 13.5. The Hall–Kier alpha value is -3.48. The highest BCUT2D eigenvalue weighted by Crippen LogP contribution is 2.21. The Kier molecular flexibility index (Phi) is 4.65. The Morgan fingerprint density at radius 2 is 1.75 bits per heavy atom. The van der Waals surface area contributed by atoms with Gasteiger partial charge < -0.3 is 10.2 Å². The number of para-hydroxylation sites is 1. The molecule has 1 atom stereocenters. The summed E-state index contributed by atoms with van der Waals surface area (Å²) < 4.78 is 1.18. The number of aryl methyl sites for hydroxylation is 1. The van der Waals surface area contributed by atoms with Gasteiger partial charge in [-0.15, -0.1) is 0 Å². The molecule has 0 spiro atoms. The van der Waals surface area contributed by atoms with E-state index >= 15 is 0 Å². The number of carbonyl (C=O) groups excluding carboxylic acids is 2. The molecule has 0 unspecified atom stereocenters. The predicted molar refractivity (Wildman–Crippen MR) is 106 cm³/mol. The number of anilines is 1. The van der Waals surface area contributed by atoms with Crippen LogP contribution in [0.1, 0.15) is 12.1 Å². The Morgan fingerprint density at radius 3 is 2.50 bits per heavy atom. The van der Waals surface area contributed by atoms with E-state index in [1.54, 1.807) is 17.0 Å². The van der Waals surface area contributed by atoms with Gasteiger partial charge in [-0.2, -0.15) is 5.10 Å². The molecule has 7 heteroatoms. The highest BCUT2D eigenvalue weighted by atomic mass is 16.2. The van der Waals surface area contributed by atoms with E-state index in [0.29, 0.717) is 17.6 Å². The van der Waals surface area contributed by atoms with Crippen molar-refractivity contribution in [3.05, 3.63) is 70.6 Å². The van der Waals surface area contributed by atoms with E-state index in [1.165, 1.54) is 4.68 Å². The van der Waals surface area contributed by atoms with Crippen molar-refractivity contribution >= 4 is 28.3 Å². The molecule has 1 N–H and O–H groups in total. The highest BCUT2D eigenvalue weighted by Gasteiger charge is 2.31. The number of hydrogen-bond acceptors (Lipinski definition) is 4. The molecule has 2 amide bonds. The Balaban J connectivity index is 1.47. The summed E-state index contributed by atoms with van der Waals surface area (Å²) >= 11 is 0. The Morgan fingerprint density at radius 1 is 1.07 bits per heavy atom. The molecule has 0 bridgehead atoms. The minimum absolute atomic E-state index is 0.0339. The zero-order valence-corrected chi connectivity index (χ0v) is 15.5. The van der Waals surface area contributed by atoms with Crippen LogP contribution in [0.3, 0.4) is 0 Å². The zero-order valence-electron chi connectivity index (χ0n) is 15.5. The van der Waals surface area contributed by atoms with Crippen molar-refractivity contribution in [1.29, 1.82) is 0 Å². The molecule has 0 aliphatic carbocycles. The maximum atomic E-state index is 12.6. The van der Waals surface area contributed by atoms with Gasteiger partial charge in [-0.05, 0) is 25.1 Å². The molecule has 1 saturated heterocycles. The SMILES string of the molecule is Cc1nn(CC(=O)N[C@H]2CC(=O)N(c3ccccc3)C2)c(=O)c2ccccc12. The fourth-order valence-corrected chi connectivity index (χ4v) is 3.58. The van der Waals surface area contributed by atoms with Crippen LogP contribution in [0.2, 0.25) is 0 Å². The number of fused-ring (bicyclic) bond motifs is 1. The van der Waals surface area contributed by atoms with Gasteiger partial charge in [-0.1, -0.05) is 36.4 Å². The van der Waals surface area contributed by atoms with Crippen LogP contribution in [0.5, 0.6) is 0 Å². The molecule has 0 saturated carbocycles. The third-order valence-electron chi connectivity index (χ3n) is 4.90. The van der Waals surface area contributed by atoms with Crippen molar-refractivity contribution in [1.82, 2.24) is 15.1 Å². The van der Waals surface area contributed by atoms with Gasteiger partial charge in [0.1, 0.15) is 6.54 Å². The average Bonchev–Trinajstić information content (AvgIpc) is 3.06. The lowest BCUT2D eigenvalue weighted by molar-refractivity contribution is -0.122. The largest absolute Gasteiger partial charge is 0.349 e. The summed E-state index contributed by atoms with van der Waals surface area (Å²) in [5.74, 6) is -0.370. The second-order valence-electron chi connectivity index (χ2n) is 6.90. The van der Waals surface area contributed by atoms with Crippen LogP contribution in [0.25, 0.3) is 10.8 Å². The Bertz CT molecular complexity index is 1110. The molecule has 2 aromatic carbocycles. The molecule has 2 heterocycles. The molecule has 7 nitrogen and oxygen atoms in total. The van der Waals surface area contributed by atoms with Crippen LogP contribution < -0.4 is 15.8 Å². The molecule has 142 valence electrons. The summed E-state index contributed by atoms with van der Waals surface area (Å²) in [6.45, 7) is 2.04. The topological polar surface area (TPSA) is 84.3 Å². The average molecular weight is 376 g/mol. The van der Waals surface area contributed by atoms with E-state index in [1.807, 2.05) is 49.4 Å². The fraction of sp³-hybridized carbons (Fsp3) is 0.238. The van der Waals surface area contributed by atoms with Crippen molar-refractivity contribution < 1.29 is 9.59 Å². The van der Waals surface area contributed by atoms with Gasteiger partial charge in [0.15, 0.2) is 0 Å². The lowest BCUT2D eigenvalue weighted by Crippen LogP contribution is -2.41. The summed E-state index contributed by atoms with van der Waals surface area (Å²) in [5.41, 5.74) is 1.20. The van der Waals surface area contributed by atoms with Crippen LogP contribution in [-0.2, 0) is 16.1 Å². The van der Waals surface area contributed by atoms with Gasteiger partial charge in [0, 0.05) is 24.0 Å². The van der Waals surface area contributed by atoms with Crippen molar-refractivity contribution in [3.63, 3.8) is 0 Å². The van der Waals surface area contributed by atoms with Gasteiger partial charge in [0.05, 0.1) is 17.1 Å². The normalized spacial score (nSPS) is 16.5. The highest BCUT2D eigenvalue weighted by molar-refractivity contribution is 5.96. The third kappa shape index (κ3) is 3.38. The second kappa shape index (κ2) is 7.26. The van der Waals surface area contributed by atoms with Gasteiger partial charge >= 0.3 is 0 Å². The summed E-state index contributed by atoms with van der Waals surface area (Å²) in [6.07, 6.45) is 0.236. The minimum Gasteiger partial charge on any atom is -0.349 e. The number of rotatable bonds is 4. The van der Waals surface area contributed by atoms with Gasteiger partial charge in [-0.25, -0.2) is 4.68 Å². The first kappa shape index (κ1) is 17.9. The molecule has 1 aliphatic heterocycles. The second-order valence-corrected chi connectivity index (χ2v) is 6.90. The first-order valence-corrected chi connectivity index (χ1v) is 9.14. The standard InChI is InChI=1S/C21H20N4O3/c1-14-17-9-5-6-10-18(17)21(28)25(23-14)13-19(26)22-15-11-20(27)24(12-15)16-7-3-2-4-8-16/h2-10,15H,11-13H2,1H3,(H,22,26)/t15-/m0/s1. The summed E-state index contributed by atoms with van der Waals surface area (Å²) in [6, 6.07) is 16.3. The molecule has 1 aromatic heterocycles. The fourth-order valence-electron chi connectivity index (χ4n) is 3.58. The summed E-state index contributed by atoms with van der Waals surface area (Å²) in [4.78, 5) is 39.0. The monoisotopic (exact) mass is 376 g/mol. The summed E-state index contributed by atoms with van der Waals surface area (Å²) in [7, 11) is 0. The number of carbonyl (C=O) groups is 2. The van der Waals surface area contributed by atoms with Gasteiger partial charge in [0.2, 0.25) is 11.8 Å². The number of amides is 2. The van der Waals surface area contributed by atoms with Crippen LogP contribution in [0.15, 0.2) is 59.4 Å². The van der Waals surface area contributed by atoms with E-state index in [0.717, 1.165) is 11.1 Å². The van der Waals surface area contributed by atoms with Crippen LogP contribution >= 0.6 is 0 Å². The molecular weight excluding hydrogens is 356 g/mol. The predicted octanol–water partition coefficient (Wildman–Crippen LogP) is 1.63. The molecule has 1 aliphatic rings. The molecule has 0 radical (unpaired) electrons. The zero-order chi connectivity index (χ0) is 19.7. The van der Waals surface area contributed by atoms with E-state index < -0.39 is 0 Å². The summed E-state index contributed by atoms with van der Waals surface area (Å²) in [5, 5.41) is 8.43. The quantitative estimate of drug-likeness (QED) is 0.750. The molecule has 1 fully saturated rings. The van der Waals surface area contributed by atoms with Crippen LogP contribution in [0, 0.1) is 6.92 Å².